The van der Waals surface area contributed by atoms with E-state index in [0.717, 1.165) is 6.42 Å². The molecular weight excluding hydrogens is 224 g/mol. The SMILES string of the molecule is CC[C@H](C)[C@H](N)C(=O)NC1(C(=O)O)CCOC1. The van der Waals surface area contributed by atoms with Crippen LogP contribution in [0.1, 0.15) is 26.7 Å². The Kier molecular flexibility index (Phi) is 4.47. The molecule has 1 saturated heterocycles. The number of hydrogen-bond acceptors (Lipinski definition) is 4. The quantitative estimate of drug-likeness (QED) is 0.617. The van der Waals surface area contributed by atoms with Crippen molar-refractivity contribution >= 4 is 11.9 Å². The van der Waals surface area contributed by atoms with Gasteiger partial charge in [0.1, 0.15) is 0 Å². The Hall–Kier alpha value is -1.14. The van der Waals surface area contributed by atoms with E-state index < -0.39 is 23.5 Å². The number of carboxylic acid groups (broad SMARTS) is 1. The second-order valence-corrected chi connectivity index (χ2v) is 4.59. The summed E-state index contributed by atoms with van der Waals surface area (Å²) < 4.78 is 5.05. The highest BCUT2D eigenvalue weighted by Crippen LogP contribution is 2.19. The molecule has 0 saturated carbocycles. The lowest BCUT2D eigenvalue weighted by Crippen LogP contribution is -2.59. The lowest BCUT2D eigenvalue weighted by Gasteiger charge is -2.27. The van der Waals surface area contributed by atoms with E-state index in [4.69, 9.17) is 15.6 Å². The molecule has 0 spiro atoms. The number of rotatable bonds is 5. The smallest absolute Gasteiger partial charge is 0.331 e. The topological polar surface area (TPSA) is 102 Å². The maximum absolute atomic E-state index is 11.9. The summed E-state index contributed by atoms with van der Waals surface area (Å²) in [4.78, 5) is 23.0. The van der Waals surface area contributed by atoms with Gasteiger partial charge in [-0.25, -0.2) is 4.79 Å². The first-order valence-corrected chi connectivity index (χ1v) is 5.81. The minimum Gasteiger partial charge on any atom is -0.479 e. The van der Waals surface area contributed by atoms with Crippen molar-refractivity contribution in [2.45, 2.75) is 38.3 Å². The summed E-state index contributed by atoms with van der Waals surface area (Å²) in [5.41, 5.74) is 4.46. The summed E-state index contributed by atoms with van der Waals surface area (Å²) in [5, 5.41) is 11.7. The highest BCUT2D eigenvalue weighted by Gasteiger charge is 2.44. The van der Waals surface area contributed by atoms with Gasteiger partial charge in [-0.15, -0.1) is 0 Å². The van der Waals surface area contributed by atoms with Crippen LogP contribution in [0.15, 0.2) is 0 Å². The van der Waals surface area contributed by atoms with Crippen molar-refractivity contribution in [3.05, 3.63) is 0 Å². The van der Waals surface area contributed by atoms with Crippen LogP contribution in [-0.4, -0.2) is 41.8 Å². The van der Waals surface area contributed by atoms with E-state index in [1.165, 1.54) is 0 Å². The predicted octanol–water partition coefficient (Wildman–Crippen LogP) is -0.280. The van der Waals surface area contributed by atoms with Gasteiger partial charge in [0.2, 0.25) is 5.91 Å². The molecule has 0 radical (unpaired) electrons. The second-order valence-electron chi connectivity index (χ2n) is 4.59. The zero-order valence-corrected chi connectivity index (χ0v) is 10.2. The Morgan fingerprint density at radius 1 is 1.59 bits per heavy atom. The maximum atomic E-state index is 11.9. The zero-order chi connectivity index (χ0) is 13.1. The molecule has 1 aliphatic heterocycles. The van der Waals surface area contributed by atoms with Gasteiger partial charge in [-0.3, -0.25) is 4.79 Å². The summed E-state index contributed by atoms with van der Waals surface area (Å²) in [6, 6.07) is -0.683. The molecule has 1 fully saturated rings. The number of carbonyl (C=O) groups is 2. The van der Waals surface area contributed by atoms with E-state index in [0.29, 0.717) is 6.61 Å². The molecule has 3 atom stereocenters. The Morgan fingerprint density at radius 3 is 2.65 bits per heavy atom. The highest BCUT2D eigenvalue weighted by atomic mass is 16.5. The molecular formula is C11H20N2O4. The van der Waals surface area contributed by atoms with Crippen molar-refractivity contribution in [2.75, 3.05) is 13.2 Å². The molecule has 4 N–H and O–H groups in total. The Morgan fingerprint density at radius 2 is 2.24 bits per heavy atom. The van der Waals surface area contributed by atoms with Gasteiger partial charge in [0, 0.05) is 13.0 Å². The first kappa shape index (κ1) is 13.9. The lowest BCUT2D eigenvalue weighted by molar-refractivity contribution is -0.148. The molecule has 1 heterocycles. The summed E-state index contributed by atoms with van der Waals surface area (Å²) in [6.07, 6.45) is 1.05. The average Bonchev–Trinajstić information content (AvgIpc) is 2.76. The third-order valence-corrected chi connectivity index (χ3v) is 3.35. The molecule has 17 heavy (non-hydrogen) atoms. The van der Waals surface area contributed by atoms with Gasteiger partial charge < -0.3 is 20.9 Å². The van der Waals surface area contributed by atoms with Crippen molar-refractivity contribution in [1.82, 2.24) is 5.32 Å². The van der Waals surface area contributed by atoms with Crippen LogP contribution in [0.25, 0.3) is 0 Å². The zero-order valence-electron chi connectivity index (χ0n) is 10.2. The van der Waals surface area contributed by atoms with Gasteiger partial charge in [-0.2, -0.15) is 0 Å². The Labute approximate surface area is 101 Å². The third-order valence-electron chi connectivity index (χ3n) is 3.35. The Bertz CT molecular complexity index is 300. The fourth-order valence-electron chi connectivity index (χ4n) is 1.72. The molecule has 6 nitrogen and oxygen atoms in total. The minimum absolute atomic E-state index is 0.00129. The molecule has 1 unspecified atom stereocenters. The monoisotopic (exact) mass is 244 g/mol. The van der Waals surface area contributed by atoms with Crippen molar-refractivity contribution in [3.8, 4) is 0 Å². The van der Waals surface area contributed by atoms with Crippen LogP contribution in [0.3, 0.4) is 0 Å². The van der Waals surface area contributed by atoms with E-state index in [-0.39, 0.29) is 18.9 Å². The number of amides is 1. The van der Waals surface area contributed by atoms with Gasteiger partial charge in [-0.05, 0) is 5.92 Å². The first-order chi connectivity index (χ1) is 7.93. The predicted molar refractivity (Wildman–Crippen MR) is 61.4 cm³/mol. The fraction of sp³-hybridized carbons (Fsp3) is 0.818. The van der Waals surface area contributed by atoms with Gasteiger partial charge in [-0.1, -0.05) is 20.3 Å². The van der Waals surface area contributed by atoms with Crippen LogP contribution in [0, 0.1) is 5.92 Å². The number of nitrogens with two attached hydrogens (primary N) is 1. The minimum atomic E-state index is -1.30. The summed E-state index contributed by atoms with van der Waals surface area (Å²) in [6.45, 7) is 4.14. The van der Waals surface area contributed by atoms with Crippen LogP contribution in [0.2, 0.25) is 0 Å². The largest absolute Gasteiger partial charge is 0.479 e. The van der Waals surface area contributed by atoms with Gasteiger partial charge in [0.25, 0.3) is 0 Å². The molecule has 1 rings (SSSR count). The van der Waals surface area contributed by atoms with Crippen LogP contribution in [-0.2, 0) is 14.3 Å². The lowest BCUT2D eigenvalue weighted by atomic mass is 9.95. The van der Waals surface area contributed by atoms with E-state index >= 15 is 0 Å². The maximum Gasteiger partial charge on any atom is 0.331 e. The molecule has 98 valence electrons. The fourth-order valence-corrected chi connectivity index (χ4v) is 1.72. The first-order valence-electron chi connectivity index (χ1n) is 5.81. The van der Waals surface area contributed by atoms with E-state index in [1.807, 2.05) is 13.8 Å². The van der Waals surface area contributed by atoms with Crippen LogP contribution >= 0.6 is 0 Å². The molecule has 6 heteroatoms. The molecule has 0 aromatic heterocycles. The molecule has 0 aromatic carbocycles. The van der Waals surface area contributed by atoms with Crippen molar-refractivity contribution < 1.29 is 19.4 Å². The van der Waals surface area contributed by atoms with Crippen molar-refractivity contribution in [1.29, 1.82) is 0 Å². The van der Waals surface area contributed by atoms with Gasteiger partial charge >= 0.3 is 5.97 Å². The average molecular weight is 244 g/mol. The van der Waals surface area contributed by atoms with Crippen LogP contribution < -0.4 is 11.1 Å². The Balaban J connectivity index is 2.68. The van der Waals surface area contributed by atoms with E-state index in [9.17, 15) is 9.59 Å². The number of ether oxygens (including phenoxy) is 1. The number of aliphatic carboxylic acids is 1. The number of carboxylic acids is 1. The standard InChI is InChI=1S/C11H20N2O4/c1-3-7(2)8(12)9(14)13-11(10(15)16)4-5-17-6-11/h7-8H,3-6,12H2,1-2H3,(H,13,14)(H,15,16)/t7-,8-,11?/m0/s1. The van der Waals surface area contributed by atoms with Crippen LogP contribution in [0.5, 0.6) is 0 Å². The number of hydrogen-bond donors (Lipinski definition) is 3. The number of carbonyl (C=O) groups excluding carboxylic acids is 1. The van der Waals surface area contributed by atoms with Crippen LogP contribution in [0.4, 0.5) is 0 Å². The summed E-state index contributed by atoms with van der Waals surface area (Å²) >= 11 is 0. The third kappa shape index (κ3) is 2.95. The van der Waals surface area contributed by atoms with Gasteiger partial charge in [0.05, 0.1) is 12.6 Å². The molecule has 1 aliphatic rings. The number of nitrogens with one attached hydrogen (secondary N) is 1. The van der Waals surface area contributed by atoms with Crippen molar-refractivity contribution in [2.24, 2.45) is 11.7 Å². The molecule has 0 aromatic rings. The molecule has 0 bridgehead atoms. The van der Waals surface area contributed by atoms with Gasteiger partial charge in [0.15, 0.2) is 5.54 Å². The summed E-state index contributed by atoms with van der Waals surface area (Å²) in [5.74, 6) is -1.48. The highest BCUT2D eigenvalue weighted by molar-refractivity contribution is 5.90. The molecule has 1 amide bonds. The summed E-state index contributed by atoms with van der Waals surface area (Å²) in [7, 11) is 0. The normalized spacial score (nSPS) is 27.5. The second kappa shape index (κ2) is 5.46. The van der Waals surface area contributed by atoms with E-state index in [2.05, 4.69) is 5.32 Å². The molecule has 0 aliphatic carbocycles. The van der Waals surface area contributed by atoms with Crippen molar-refractivity contribution in [3.63, 3.8) is 0 Å². The van der Waals surface area contributed by atoms with E-state index in [1.54, 1.807) is 0 Å².